The molecule has 4 amide bonds. The highest BCUT2D eigenvalue weighted by Gasteiger charge is 2.47. The Labute approximate surface area is 208 Å². The van der Waals surface area contributed by atoms with Crippen molar-refractivity contribution < 1.29 is 38.6 Å². The highest BCUT2D eigenvalue weighted by Crippen LogP contribution is 2.30. The highest BCUT2D eigenvalue weighted by molar-refractivity contribution is 6.23. The summed E-state index contributed by atoms with van der Waals surface area (Å²) in [5.41, 5.74) is -0.440. The molecule has 0 bridgehead atoms. The summed E-state index contributed by atoms with van der Waals surface area (Å²) >= 11 is 0. The Balaban J connectivity index is 0.000000236. The molecule has 0 saturated carbocycles. The zero-order valence-corrected chi connectivity index (χ0v) is 20.5. The number of amides is 4. The average Bonchev–Trinajstić information content (AvgIpc) is 3.08. The van der Waals surface area contributed by atoms with Crippen molar-refractivity contribution in [1.29, 1.82) is 0 Å². The maximum Gasteiger partial charge on any atom is 0.321 e. The largest absolute Gasteiger partial charge is 0.480 e. The number of hydrogen-bond acceptors (Lipinski definition) is 7. The molecule has 2 N–H and O–H groups in total. The Morgan fingerprint density at radius 1 is 1.08 bits per heavy atom. The van der Waals surface area contributed by atoms with Gasteiger partial charge >= 0.3 is 5.97 Å². The van der Waals surface area contributed by atoms with Gasteiger partial charge in [0.2, 0.25) is 5.91 Å². The van der Waals surface area contributed by atoms with E-state index in [2.05, 4.69) is 4.90 Å². The molecule has 1 aromatic rings. The van der Waals surface area contributed by atoms with Gasteiger partial charge in [-0.1, -0.05) is 26.3 Å². The minimum absolute atomic E-state index is 0.00726. The van der Waals surface area contributed by atoms with E-state index >= 15 is 0 Å². The van der Waals surface area contributed by atoms with E-state index in [9.17, 15) is 28.4 Å². The molecule has 10 nitrogen and oxygen atoms in total. The fourth-order valence-electron chi connectivity index (χ4n) is 5.00. The second kappa shape index (κ2) is 11.7. The highest BCUT2D eigenvalue weighted by atomic mass is 19.1. The number of aliphatic carboxylic acids is 1. The van der Waals surface area contributed by atoms with Gasteiger partial charge in [-0.15, -0.1) is 0 Å². The van der Waals surface area contributed by atoms with Crippen LogP contribution in [0.3, 0.4) is 0 Å². The van der Waals surface area contributed by atoms with Gasteiger partial charge in [-0.25, -0.2) is 4.39 Å². The molecule has 3 heterocycles. The number of carboxylic acids is 1. The summed E-state index contributed by atoms with van der Waals surface area (Å²) in [4.78, 5) is 63.5. The molecule has 3 aliphatic heterocycles. The second-order valence-corrected chi connectivity index (χ2v) is 9.43. The number of piperidine rings is 2. The lowest BCUT2D eigenvalue weighted by molar-refractivity contribution is -0.152. The van der Waals surface area contributed by atoms with Crippen molar-refractivity contribution >= 4 is 29.6 Å². The summed E-state index contributed by atoms with van der Waals surface area (Å²) in [7, 11) is 0. The molecule has 1 aromatic carbocycles. The number of aliphatic hydroxyl groups excluding tert-OH is 1. The average molecular weight is 506 g/mol. The lowest BCUT2D eigenvalue weighted by Gasteiger charge is -2.34. The third kappa shape index (κ3) is 5.46. The minimum Gasteiger partial charge on any atom is -0.480 e. The quantitative estimate of drug-likeness (QED) is 0.556. The number of carbonyl (C=O) groups is 5. The number of carboxylic acid groups (broad SMARTS) is 1. The number of halogens is 1. The lowest BCUT2D eigenvalue weighted by Crippen LogP contribution is -2.56. The van der Waals surface area contributed by atoms with Gasteiger partial charge in [0.15, 0.2) is 0 Å². The maximum atomic E-state index is 13.8. The van der Waals surface area contributed by atoms with E-state index in [1.165, 1.54) is 18.6 Å². The van der Waals surface area contributed by atoms with Crippen LogP contribution in [0.25, 0.3) is 0 Å². The fourth-order valence-corrected chi connectivity index (χ4v) is 5.00. The Morgan fingerprint density at radius 2 is 1.75 bits per heavy atom. The smallest absolute Gasteiger partial charge is 0.321 e. The van der Waals surface area contributed by atoms with Gasteiger partial charge in [0.05, 0.1) is 24.3 Å². The van der Waals surface area contributed by atoms with Crippen LogP contribution in [0.4, 0.5) is 4.39 Å². The summed E-state index contributed by atoms with van der Waals surface area (Å²) in [5, 5.41) is 18.0. The molecule has 0 spiro atoms. The third-order valence-electron chi connectivity index (χ3n) is 6.68. The number of hydrogen-bond donors (Lipinski definition) is 2. The van der Waals surface area contributed by atoms with Crippen LogP contribution in [0.1, 0.15) is 66.7 Å². The van der Waals surface area contributed by atoms with Gasteiger partial charge in [-0.05, 0) is 50.4 Å². The Bertz CT molecular complexity index is 1040. The van der Waals surface area contributed by atoms with Crippen molar-refractivity contribution in [2.75, 3.05) is 26.2 Å². The van der Waals surface area contributed by atoms with E-state index < -0.39 is 48.1 Å². The van der Waals surface area contributed by atoms with E-state index in [0.717, 1.165) is 36.9 Å². The number of imide groups is 2. The van der Waals surface area contributed by atoms with Gasteiger partial charge < -0.3 is 10.2 Å². The number of aliphatic hydroxyl groups is 1. The van der Waals surface area contributed by atoms with Crippen molar-refractivity contribution in [1.82, 2.24) is 14.7 Å². The van der Waals surface area contributed by atoms with Crippen molar-refractivity contribution in [2.24, 2.45) is 5.92 Å². The van der Waals surface area contributed by atoms with Crippen LogP contribution < -0.4 is 0 Å². The first-order valence-corrected chi connectivity index (χ1v) is 12.2. The summed E-state index contributed by atoms with van der Waals surface area (Å²) in [5.74, 6) is -4.11. The van der Waals surface area contributed by atoms with Crippen molar-refractivity contribution in [2.45, 2.75) is 58.0 Å². The molecule has 0 aromatic heterocycles. The van der Waals surface area contributed by atoms with Gasteiger partial charge in [0.25, 0.3) is 17.7 Å². The van der Waals surface area contributed by atoms with E-state index in [4.69, 9.17) is 10.2 Å². The van der Waals surface area contributed by atoms with E-state index in [0.29, 0.717) is 4.90 Å². The first kappa shape index (κ1) is 27.4. The van der Waals surface area contributed by atoms with Crippen molar-refractivity contribution in [3.63, 3.8) is 0 Å². The molecular weight excluding hydrogens is 473 g/mol. The van der Waals surface area contributed by atoms with Crippen LogP contribution in [0.15, 0.2) is 18.2 Å². The predicted molar refractivity (Wildman–Crippen MR) is 125 cm³/mol. The molecule has 0 radical (unpaired) electrons. The molecule has 0 aliphatic carbocycles. The second-order valence-electron chi connectivity index (χ2n) is 9.43. The van der Waals surface area contributed by atoms with Crippen LogP contribution in [0.2, 0.25) is 0 Å². The standard InChI is InChI=1S/C15H13FN2O5.C10H19NO2/c16-9-3-1-2-8-12(9)15(23)18(13(8)21)10-4-5-11(20)17(6-7-19)14(10)22;1-8(2)9(10(12)13)11-6-4-3-5-7-11/h1-3,10,19H,4-7H2;8-9H,3-7H2,1-2H3,(H,12,13)/t;9-/m.0/s1. The minimum atomic E-state index is -1.16. The monoisotopic (exact) mass is 505 g/mol. The van der Waals surface area contributed by atoms with Gasteiger partial charge in [-0.3, -0.25) is 38.7 Å². The Hall–Kier alpha value is -3.18. The fraction of sp³-hybridized carbons (Fsp3) is 0.560. The molecule has 4 rings (SSSR count). The van der Waals surface area contributed by atoms with Crippen LogP contribution in [0.5, 0.6) is 0 Å². The number of nitrogens with zero attached hydrogens (tertiary/aromatic N) is 3. The molecule has 196 valence electrons. The van der Waals surface area contributed by atoms with Gasteiger partial charge in [0, 0.05) is 6.42 Å². The van der Waals surface area contributed by atoms with Crippen molar-refractivity contribution in [3.05, 3.63) is 35.1 Å². The van der Waals surface area contributed by atoms with Gasteiger partial charge in [0.1, 0.15) is 17.9 Å². The van der Waals surface area contributed by atoms with Gasteiger partial charge in [-0.2, -0.15) is 0 Å². The van der Waals surface area contributed by atoms with E-state index in [1.54, 1.807) is 0 Å². The number of fused-ring (bicyclic) bond motifs is 1. The summed E-state index contributed by atoms with van der Waals surface area (Å²) in [6, 6.07) is 2.26. The number of benzene rings is 1. The molecular formula is C25H32FN3O7. The summed E-state index contributed by atoms with van der Waals surface area (Å²) in [6.07, 6.45) is 3.51. The molecule has 2 saturated heterocycles. The zero-order chi connectivity index (χ0) is 26.6. The number of rotatable bonds is 6. The summed E-state index contributed by atoms with van der Waals surface area (Å²) in [6.45, 7) is 5.25. The third-order valence-corrected chi connectivity index (χ3v) is 6.68. The predicted octanol–water partition coefficient (Wildman–Crippen LogP) is 1.51. The first-order valence-electron chi connectivity index (χ1n) is 12.2. The molecule has 3 aliphatic rings. The van der Waals surface area contributed by atoms with Crippen molar-refractivity contribution in [3.8, 4) is 0 Å². The maximum absolute atomic E-state index is 13.8. The normalized spacial score (nSPS) is 21.4. The number of β-amino-alcohol motifs (C(OH)–C–C–N with tert-alkyl or cyclic N) is 1. The van der Waals surface area contributed by atoms with Crippen LogP contribution in [0, 0.1) is 11.7 Å². The van der Waals surface area contributed by atoms with Crippen LogP contribution >= 0.6 is 0 Å². The van der Waals surface area contributed by atoms with Crippen LogP contribution in [-0.4, -0.2) is 92.8 Å². The molecule has 36 heavy (non-hydrogen) atoms. The Morgan fingerprint density at radius 3 is 2.31 bits per heavy atom. The first-order chi connectivity index (χ1) is 17.1. The molecule has 2 fully saturated rings. The molecule has 1 unspecified atom stereocenters. The van der Waals surface area contributed by atoms with E-state index in [-0.39, 0.29) is 42.5 Å². The molecule has 2 atom stereocenters. The summed E-state index contributed by atoms with van der Waals surface area (Å²) < 4.78 is 13.8. The van der Waals surface area contributed by atoms with Crippen LogP contribution in [-0.2, 0) is 14.4 Å². The zero-order valence-electron chi connectivity index (χ0n) is 20.5. The van der Waals surface area contributed by atoms with E-state index in [1.807, 2.05) is 13.8 Å². The Kier molecular flexibility index (Phi) is 8.91. The number of carbonyl (C=O) groups excluding carboxylic acids is 4. The lowest BCUT2D eigenvalue weighted by atomic mass is 9.99. The number of likely N-dealkylation sites (tertiary alicyclic amines) is 2. The topological polar surface area (TPSA) is 136 Å². The molecule has 11 heteroatoms. The SMILES string of the molecule is CC(C)[C@@H](C(=O)O)N1CCCCC1.O=C1CCC(N2C(=O)c3cccc(F)c3C2=O)C(=O)N1CCO.